The Balaban J connectivity index is 1.91. The van der Waals surface area contributed by atoms with Crippen LogP contribution in [0.1, 0.15) is 12.0 Å². The lowest BCUT2D eigenvalue weighted by Gasteiger charge is -2.20. The molecule has 0 spiro atoms. The molecular formula is C18H32N4O2. The number of aromatic hydroxyl groups is 1. The molecule has 0 amide bonds. The molecule has 1 fully saturated rings. The maximum Gasteiger partial charge on any atom is 0.160 e. The summed E-state index contributed by atoms with van der Waals surface area (Å²) in [7, 11) is 1.59. The van der Waals surface area contributed by atoms with Gasteiger partial charge in [-0.1, -0.05) is 12.1 Å². The number of ether oxygens (including phenoxy) is 1. The van der Waals surface area contributed by atoms with E-state index in [0.717, 1.165) is 70.8 Å². The van der Waals surface area contributed by atoms with Crippen molar-refractivity contribution in [2.24, 2.45) is 5.92 Å². The van der Waals surface area contributed by atoms with Gasteiger partial charge in [0.05, 0.1) is 7.11 Å². The Morgan fingerprint density at radius 3 is 2.21 bits per heavy atom. The smallest absolute Gasteiger partial charge is 0.160 e. The minimum absolute atomic E-state index is 0.266. The molecule has 1 aromatic carbocycles. The molecule has 0 atom stereocenters. The van der Waals surface area contributed by atoms with Crippen molar-refractivity contribution in [3.8, 4) is 11.5 Å². The second-order valence-corrected chi connectivity index (χ2v) is 6.30. The topological polar surface area (TPSA) is 77.6 Å². The van der Waals surface area contributed by atoms with E-state index in [0.29, 0.717) is 11.7 Å². The van der Waals surface area contributed by atoms with Crippen molar-refractivity contribution >= 4 is 0 Å². The summed E-state index contributed by atoms with van der Waals surface area (Å²) in [5, 5.41) is 24.3. The molecule has 5 N–H and O–H groups in total. The Hall–Kier alpha value is -1.34. The van der Waals surface area contributed by atoms with E-state index in [1.165, 1.54) is 0 Å². The first-order chi connectivity index (χ1) is 11.8. The number of phenols is 1. The molecule has 6 nitrogen and oxygen atoms in total. The van der Waals surface area contributed by atoms with Crippen molar-refractivity contribution in [2.75, 3.05) is 59.5 Å². The Labute approximate surface area is 145 Å². The van der Waals surface area contributed by atoms with Crippen LogP contribution in [0, 0.1) is 5.92 Å². The standard InChI is InChI=1S/C18H32N4O2/c1-24-17-5-2-4-16(18(17)23)12-15-13-21-10-8-19-6-3-7-20-9-11-22-14-15/h2,4-5,15,19-23H,3,6-14H2,1H3. The van der Waals surface area contributed by atoms with Crippen LogP contribution in [0.2, 0.25) is 0 Å². The molecule has 136 valence electrons. The van der Waals surface area contributed by atoms with Gasteiger partial charge in [-0.15, -0.1) is 0 Å². The Morgan fingerprint density at radius 1 is 0.958 bits per heavy atom. The summed E-state index contributed by atoms with van der Waals surface area (Å²) in [6.07, 6.45) is 1.99. The summed E-state index contributed by atoms with van der Waals surface area (Å²) in [4.78, 5) is 0. The zero-order valence-electron chi connectivity index (χ0n) is 14.7. The fourth-order valence-electron chi connectivity index (χ4n) is 2.98. The third-order valence-corrected chi connectivity index (χ3v) is 4.34. The lowest BCUT2D eigenvalue weighted by Crippen LogP contribution is -2.39. The predicted molar refractivity (Wildman–Crippen MR) is 97.9 cm³/mol. The normalized spacial score (nSPS) is 19.5. The monoisotopic (exact) mass is 336 g/mol. The van der Waals surface area contributed by atoms with E-state index in [1.54, 1.807) is 13.2 Å². The summed E-state index contributed by atoms with van der Waals surface area (Å²) in [6.45, 7) is 7.89. The average molecular weight is 336 g/mol. The van der Waals surface area contributed by atoms with Crippen molar-refractivity contribution in [2.45, 2.75) is 12.8 Å². The number of nitrogens with one attached hydrogen (secondary N) is 4. The van der Waals surface area contributed by atoms with Crippen LogP contribution in [-0.2, 0) is 6.42 Å². The molecule has 24 heavy (non-hydrogen) atoms. The molecule has 0 saturated carbocycles. The van der Waals surface area contributed by atoms with Crippen LogP contribution in [0.5, 0.6) is 11.5 Å². The Kier molecular flexibility index (Phi) is 8.91. The zero-order chi connectivity index (χ0) is 17.0. The quantitative estimate of drug-likeness (QED) is 0.547. The summed E-state index contributed by atoms with van der Waals surface area (Å²) < 4.78 is 5.21. The van der Waals surface area contributed by atoms with Crippen LogP contribution in [0.15, 0.2) is 18.2 Å². The summed E-state index contributed by atoms with van der Waals surface area (Å²) in [5.74, 6) is 1.23. The molecule has 0 aliphatic carbocycles. The molecule has 0 aromatic heterocycles. The number of phenolic OH excluding ortho intramolecular Hbond substituents is 1. The molecule has 1 aliphatic heterocycles. The zero-order valence-corrected chi connectivity index (χ0v) is 14.7. The molecule has 6 heteroatoms. The van der Waals surface area contributed by atoms with E-state index in [-0.39, 0.29) is 5.75 Å². The predicted octanol–water partition coefficient (Wildman–Crippen LogP) is 0.322. The molecule has 0 radical (unpaired) electrons. The molecular weight excluding hydrogens is 304 g/mol. The first-order valence-electron chi connectivity index (χ1n) is 8.99. The molecule has 0 bridgehead atoms. The van der Waals surface area contributed by atoms with Crippen LogP contribution >= 0.6 is 0 Å². The molecule has 1 saturated heterocycles. The van der Waals surface area contributed by atoms with Gasteiger partial charge in [0.15, 0.2) is 11.5 Å². The summed E-state index contributed by atoms with van der Waals surface area (Å²) in [5.41, 5.74) is 0.945. The number of benzene rings is 1. The van der Waals surface area contributed by atoms with Crippen molar-refractivity contribution in [3.63, 3.8) is 0 Å². The van der Waals surface area contributed by atoms with Crippen molar-refractivity contribution in [3.05, 3.63) is 23.8 Å². The van der Waals surface area contributed by atoms with Gasteiger partial charge >= 0.3 is 0 Å². The second kappa shape index (κ2) is 11.3. The van der Waals surface area contributed by atoms with Gasteiger partial charge in [-0.25, -0.2) is 0 Å². The molecule has 2 rings (SSSR count). The highest BCUT2D eigenvalue weighted by atomic mass is 16.5. The summed E-state index contributed by atoms with van der Waals surface area (Å²) in [6, 6.07) is 5.71. The van der Waals surface area contributed by atoms with Crippen molar-refractivity contribution in [1.82, 2.24) is 21.3 Å². The van der Waals surface area contributed by atoms with Crippen LogP contribution in [0.3, 0.4) is 0 Å². The van der Waals surface area contributed by atoms with Gasteiger partial charge in [0.2, 0.25) is 0 Å². The number of rotatable bonds is 3. The highest BCUT2D eigenvalue weighted by Crippen LogP contribution is 2.30. The van der Waals surface area contributed by atoms with E-state index >= 15 is 0 Å². The first kappa shape index (κ1) is 19.0. The third-order valence-electron chi connectivity index (χ3n) is 4.34. The van der Waals surface area contributed by atoms with Gasteiger partial charge in [0, 0.05) is 26.2 Å². The van der Waals surface area contributed by atoms with Crippen molar-refractivity contribution in [1.29, 1.82) is 0 Å². The fourth-order valence-corrected chi connectivity index (χ4v) is 2.98. The van der Waals surface area contributed by atoms with Gasteiger partial charge in [-0.2, -0.15) is 0 Å². The van der Waals surface area contributed by atoms with Gasteiger partial charge in [-0.05, 0) is 56.6 Å². The second-order valence-electron chi connectivity index (χ2n) is 6.30. The van der Waals surface area contributed by atoms with E-state index in [1.807, 2.05) is 12.1 Å². The number of methoxy groups -OCH3 is 1. The Morgan fingerprint density at radius 2 is 1.58 bits per heavy atom. The van der Waals surface area contributed by atoms with Crippen LogP contribution in [0.25, 0.3) is 0 Å². The minimum Gasteiger partial charge on any atom is -0.504 e. The van der Waals surface area contributed by atoms with E-state index in [4.69, 9.17) is 4.74 Å². The van der Waals surface area contributed by atoms with Crippen LogP contribution in [0.4, 0.5) is 0 Å². The first-order valence-corrected chi connectivity index (χ1v) is 8.99. The van der Waals surface area contributed by atoms with Gasteiger partial charge < -0.3 is 31.1 Å². The molecule has 1 aliphatic rings. The molecule has 0 unspecified atom stereocenters. The minimum atomic E-state index is 0.266. The SMILES string of the molecule is COc1cccc(CC2CNCCNCCCNCCNC2)c1O. The number of hydrogen-bond acceptors (Lipinski definition) is 6. The molecule has 1 heterocycles. The van der Waals surface area contributed by atoms with Gasteiger partial charge in [-0.3, -0.25) is 0 Å². The lowest BCUT2D eigenvalue weighted by atomic mass is 9.98. The molecule has 1 aromatic rings. The maximum absolute atomic E-state index is 10.3. The van der Waals surface area contributed by atoms with E-state index < -0.39 is 0 Å². The number of hydrogen-bond donors (Lipinski definition) is 5. The highest BCUT2D eigenvalue weighted by Gasteiger charge is 2.14. The highest BCUT2D eigenvalue weighted by molar-refractivity contribution is 5.45. The fraction of sp³-hybridized carbons (Fsp3) is 0.667. The number of para-hydroxylation sites is 1. The van der Waals surface area contributed by atoms with Gasteiger partial charge in [0.25, 0.3) is 0 Å². The third kappa shape index (κ3) is 6.65. The lowest BCUT2D eigenvalue weighted by molar-refractivity contribution is 0.365. The van der Waals surface area contributed by atoms with Crippen LogP contribution in [-0.4, -0.2) is 64.6 Å². The maximum atomic E-state index is 10.3. The van der Waals surface area contributed by atoms with Crippen LogP contribution < -0.4 is 26.0 Å². The van der Waals surface area contributed by atoms with E-state index in [2.05, 4.69) is 21.3 Å². The largest absolute Gasteiger partial charge is 0.504 e. The van der Waals surface area contributed by atoms with Gasteiger partial charge in [0.1, 0.15) is 0 Å². The Bertz CT molecular complexity index is 456. The van der Waals surface area contributed by atoms with Crippen molar-refractivity contribution < 1.29 is 9.84 Å². The average Bonchev–Trinajstić information content (AvgIpc) is 2.60. The van der Waals surface area contributed by atoms with E-state index in [9.17, 15) is 5.11 Å². The summed E-state index contributed by atoms with van der Waals surface area (Å²) >= 11 is 0.